The molecule has 0 bridgehead atoms. The van der Waals surface area contributed by atoms with Gasteiger partial charge in [-0.15, -0.1) is 0 Å². The number of likely N-dealkylation sites (N-methyl/N-ethyl adjacent to an activating group) is 1. The molecule has 0 saturated carbocycles. The van der Waals surface area contributed by atoms with Crippen molar-refractivity contribution in [3.05, 3.63) is 12.5 Å². The largest absolute Gasteiger partial charge is 0.353 e. The molecular formula is C14H22N6. The van der Waals surface area contributed by atoms with Crippen LogP contribution in [0, 0.1) is 5.92 Å². The van der Waals surface area contributed by atoms with Crippen molar-refractivity contribution in [2.45, 2.75) is 20.4 Å². The first-order chi connectivity index (χ1) is 9.65. The van der Waals surface area contributed by atoms with E-state index in [2.05, 4.69) is 45.8 Å². The molecule has 1 aliphatic rings. The van der Waals surface area contributed by atoms with Crippen molar-refractivity contribution < 1.29 is 0 Å². The molecule has 0 aromatic carbocycles. The van der Waals surface area contributed by atoms with Crippen LogP contribution in [0.25, 0.3) is 11.0 Å². The minimum absolute atomic E-state index is 0.556. The lowest BCUT2D eigenvalue weighted by atomic mass is 10.2. The number of fused-ring (bicyclic) bond motifs is 1. The molecule has 0 atom stereocenters. The Morgan fingerprint density at radius 1 is 1.15 bits per heavy atom. The van der Waals surface area contributed by atoms with Gasteiger partial charge >= 0.3 is 0 Å². The summed E-state index contributed by atoms with van der Waals surface area (Å²) in [5, 5.41) is 5.55. The molecule has 0 spiro atoms. The molecule has 6 nitrogen and oxygen atoms in total. The molecular weight excluding hydrogens is 252 g/mol. The summed E-state index contributed by atoms with van der Waals surface area (Å²) in [4.78, 5) is 13.6. The van der Waals surface area contributed by atoms with Gasteiger partial charge in [0.05, 0.1) is 11.6 Å². The molecule has 108 valence electrons. The molecule has 3 rings (SSSR count). The molecule has 6 heteroatoms. The second kappa shape index (κ2) is 5.36. The van der Waals surface area contributed by atoms with E-state index in [9.17, 15) is 0 Å². The fourth-order valence-corrected chi connectivity index (χ4v) is 2.63. The van der Waals surface area contributed by atoms with Crippen LogP contribution in [0.2, 0.25) is 0 Å². The molecule has 1 fully saturated rings. The Labute approximate surface area is 119 Å². The van der Waals surface area contributed by atoms with Crippen molar-refractivity contribution in [3.8, 4) is 0 Å². The summed E-state index contributed by atoms with van der Waals surface area (Å²) >= 11 is 0. The average Bonchev–Trinajstić information content (AvgIpc) is 2.82. The minimum Gasteiger partial charge on any atom is -0.353 e. The molecule has 3 heterocycles. The Balaban J connectivity index is 1.94. The van der Waals surface area contributed by atoms with Gasteiger partial charge in [0, 0.05) is 32.7 Å². The summed E-state index contributed by atoms with van der Waals surface area (Å²) in [6, 6.07) is 0. The van der Waals surface area contributed by atoms with Gasteiger partial charge in [0.1, 0.15) is 12.1 Å². The van der Waals surface area contributed by atoms with Gasteiger partial charge in [0.15, 0.2) is 5.65 Å². The first kappa shape index (κ1) is 13.3. The summed E-state index contributed by atoms with van der Waals surface area (Å²) in [7, 11) is 2.16. The first-order valence-electron chi connectivity index (χ1n) is 7.25. The van der Waals surface area contributed by atoms with E-state index in [4.69, 9.17) is 0 Å². The van der Waals surface area contributed by atoms with Crippen molar-refractivity contribution in [2.75, 3.05) is 38.1 Å². The Hall–Kier alpha value is -1.69. The molecule has 0 unspecified atom stereocenters. The number of hydrogen-bond donors (Lipinski definition) is 0. The molecule has 0 radical (unpaired) electrons. The second-order valence-electron chi connectivity index (χ2n) is 5.95. The van der Waals surface area contributed by atoms with Gasteiger partial charge in [0.25, 0.3) is 0 Å². The third-order valence-electron chi connectivity index (χ3n) is 3.75. The van der Waals surface area contributed by atoms with Crippen LogP contribution in [0.1, 0.15) is 13.8 Å². The standard InChI is InChI=1S/C14H22N6/c1-11(2)9-20-14-12(8-17-20)13(15-10-16-14)19-6-4-18(3)5-7-19/h8,10-11H,4-7,9H2,1-3H3. The van der Waals surface area contributed by atoms with E-state index < -0.39 is 0 Å². The Kier molecular flexibility index (Phi) is 3.56. The number of rotatable bonds is 3. The Morgan fingerprint density at radius 2 is 1.90 bits per heavy atom. The normalized spacial score (nSPS) is 17.3. The van der Waals surface area contributed by atoms with Crippen molar-refractivity contribution in [1.82, 2.24) is 24.6 Å². The van der Waals surface area contributed by atoms with Crippen LogP contribution >= 0.6 is 0 Å². The van der Waals surface area contributed by atoms with E-state index in [1.54, 1.807) is 6.33 Å². The van der Waals surface area contributed by atoms with Gasteiger partial charge in [-0.05, 0) is 13.0 Å². The van der Waals surface area contributed by atoms with Crippen LogP contribution < -0.4 is 4.90 Å². The second-order valence-corrected chi connectivity index (χ2v) is 5.95. The lowest BCUT2D eigenvalue weighted by Crippen LogP contribution is -2.44. The number of aromatic nitrogens is 4. The van der Waals surface area contributed by atoms with Gasteiger partial charge in [-0.25, -0.2) is 14.6 Å². The highest BCUT2D eigenvalue weighted by atomic mass is 15.3. The maximum Gasteiger partial charge on any atom is 0.163 e. The molecule has 1 aliphatic heterocycles. The SMILES string of the molecule is CC(C)Cn1ncc2c(N3CCN(C)CC3)ncnc21. The van der Waals surface area contributed by atoms with Crippen LogP contribution in [0.5, 0.6) is 0 Å². The van der Waals surface area contributed by atoms with Gasteiger partial charge in [0.2, 0.25) is 0 Å². The lowest BCUT2D eigenvalue weighted by Gasteiger charge is -2.33. The van der Waals surface area contributed by atoms with Gasteiger partial charge < -0.3 is 9.80 Å². The summed E-state index contributed by atoms with van der Waals surface area (Å²) in [5.41, 5.74) is 0.947. The van der Waals surface area contributed by atoms with E-state index in [-0.39, 0.29) is 0 Å². The minimum atomic E-state index is 0.556. The third kappa shape index (κ3) is 2.47. The quantitative estimate of drug-likeness (QED) is 0.842. The molecule has 0 N–H and O–H groups in total. The van der Waals surface area contributed by atoms with Crippen molar-refractivity contribution >= 4 is 16.9 Å². The highest BCUT2D eigenvalue weighted by Crippen LogP contribution is 2.23. The van der Waals surface area contributed by atoms with Gasteiger partial charge in [-0.2, -0.15) is 5.10 Å². The summed E-state index contributed by atoms with van der Waals surface area (Å²) in [6.07, 6.45) is 3.57. The molecule has 2 aromatic rings. The van der Waals surface area contributed by atoms with Gasteiger partial charge in [-0.3, -0.25) is 0 Å². The maximum absolute atomic E-state index is 4.49. The van der Waals surface area contributed by atoms with Crippen LogP contribution in [0.4, 0.5) is 5.82 Å². The maximum atomic E-state index is 4.49. The molecule has 0 aliphatic carbocycles. The lowest BCUT2D eigenvalue weighted by molar-refractivity contribution is 0.312. The summed E-state index contributed by atoms with van der Waals surface area (Å²) in [6.45, 7) is 9.45. The fraction of sp³-hybridized carbons (Fsp3) is 0.643. The topological polar surface area (TPSA) is 50.1 Å². The van der Waals surface area contributed by atoms with E-state index in [1.165, 1.54) is 0 Å². The zero-order valence-electron chi connectivity index (χ0n) is 12.5. The Morgan fingerprint density at radius 3 is 2.60 bits per heavy atom. The molecule has 1 saturated heterocycles. The fourth-order valence-electron chi connectivity index (χ4n) is 2.63. The molecule has 2 aromatic heterocycles. The van der Waals surface area contributed by atoms with Crippen LogP contribution in [0.15, 0.2) is 12.5 Å². The van der Waals surface area contributed by atoms with Crippen molar-refractivity contribution in [1.29, 1.82) is 0 Å². The van der Waals surface area contributed by atoms with E-state index in [0.29, 0.717) is 5.92 Å². The molecule has 0 amide bonds. The first-order valence-corrected chi connectivity index (χ1v) is 7.25. The van der Waals surface area contributed by atoms with E-state index in [0.717, 1.165) is 49.6 Å². The van der Waals surface area contributed by atoms with Crippen LogP contribution in [-0.4, -0.2) is 57.9 Å². The smallest absolute Gasteiger partial charge is 0.163 e. The monoisotopic (exact) mass is 274 g/mol. The van der Waals surface area contributed by atoms with Crippen LogP contribution in [-0.2, 0) is 6.54 Å². The predicted molar refractivity (Wildman–Crippen MR) is 79.9 cm³/mol. The highest BCUT2D eigenvalue weighted by molar-refractivity contribution is 5.86. The van der Waals surface area contributed by atoms with E-state index >= 15 is 0 Å². The third-order valence-corrected chi connectivity index (χ3v) is 3.75. The summed E-state index contributed by atoms with van der Waals surface area (Å²) < 4.78 is 1.99. The zero-order valence-corrected chi connectivity index (χ0v) is 12.5. The number of piperazine rings is 1. The molecule has 20 heavy (non-hydrogen) atoms. The van der Waals surface area contributed by atoms with Gasteiger partial charge in [-0.1, -0.05) is 13.8 Å². The average molecular weight is 274 g/mol. The van der Waals surface area contributed by atoms with Crippen molar-refractivity contribution in [2.24, 2.45) is 5.92 Å². The summed E-state index contributed by atoms with van der Waals surface area (Å²) in [5.74, 6) is 1.58. The van der Waals surface area contributed by atoms with Crippen LogP contribution in [0.3, 0.4) is 0 Å². The predicted octanol–water partition coefficient (Wildman–Crippen LogP) is 1.23. The van der Waals surface area contributed by atoms with Crippen molar-refractivity contribution in [3.63, 3.8) is 0 Å². The highest BCUT2D eigenvalue weighted by Gasteiger charge is 2.19. The number of hydrogen-bond acceptors (Lipinski definition) is 5. The number of anilines is 1. The zero-order chi connectivity index (χ0) is 14.1. The van der Waals surface area contributed by atoms with E-state index in [1.807, 2.05) is 10.9 Å². The number of nitrogens with zero attached hydrogens (tertiary/aromatic N) is 6. The Bertz CT molecular complexity index is 582.